The molecule has 3 N–H and O–H groups in total. The van der Waals surface area contributed by atoms with Crippen LogP contribution in [-0.4, -0.2) is 18.6 Å². The number of hydrogen-bond acceptors (Lipinski definition) is 5. The van der Waals surface area contributed by atoms with E-state index in [9.17, 15) is 4.79 Å². The zero-order valence-electron chi connectivity index (χ0n) is 5.46. The molecule has 0 aromatic heterocycles. The van der Waals surface area contributed by atoms with Crippen LogP contribution in [-0.2, 0) is 9.53 Å². The van der Waals surface area contributed by atoms with Crippen LogP contribution >= 0.6 is 11.8 Å². The highest BCUT2D eigenvalue weighted by atomic mass is 32.2. The zero-order chi connectivity index (χ0) is 7.56. The highest BCUT2D eigenvalue weighted by Gasteiger charge is 2.18. The summed E-state index contributed by atoms with van der Waals surface area (Å²) in [6, 6.07) is 0. The fraction of sp³-hybridized carbons (Fsp3) is 0.400. The van der Waals surface area contributed by atoms with Gasteiger partial charge in [-0.25, -0.2) is 4.79 Å². The molecule has 56 valence electrons. The lowest BCUT2D eigenvalue weighted by Gasteiger charge is -2.04. The first-order valence-corrected chi connectivity index (χ1v) is 3.64. The van der Waals surface area contributed by atoms with E-state index in [1.54, 1.807) is 5.41 Å². The van der Waals surface area contributed by atoms with Gasteiger partial charge in [0.25, 0.3) is 0 Å². The molecule has 1 atom stereocenters. The predicted octanol–water partition coefficient (Wildman–Crippen LogP) is -0.421. The van der Waals surface area contributed by atoms with E-state index < -0.39 is 0 Å². The monoisotopic (exact) mass is 160 g/mol. The number of rotatable bonds is 1. The number of nitrogens with one attached hydrogen (secondary N) is 1. The van der Waals surface area contributed by atoms with E-state index in [4.69, 9.17) is 5.73 Å². The van der Waals surface area contributed by atoms with Crippen LogP contribution in [0.1, 0.15) is 0 Å². The Morgan fingerprint density at radius 2 is 2.70 bits per heavy atom. The Balaban J connectivity index is 2.51. The molecule has 0 fully saturated rings. The molecule has 0 aromatic rings. The van der Waals surface area contributed by atoms with Crippen molar-refractivity contribution in [3.63, 3.8) is 0 Å². The highest BCUT2D eigenvalue weighted by Crippen LogP contribution is 2.16. The van der Waals surface area contributed by atoms with Gasteiger partial charge in [-0.3, -0.25) is 0 Å². The van der Waals surface area contributed by atoms with Crippen LogP contribution in [0.2, 0.25) is 0 Å². The number of esters is 1. The molecule has 0 spiro atoms. The van der Waals surface area contributed by atoms with Gasteiger partial charge in [-0.05, 0) is 0 Å². The number of methoxy groups -OCH3 is 1. The Labute approximate surface area is 62.8 Å². The first-order valence-electron chi connectivity index (χ1n) is 2.70. The summed E-state index contributed by atoms with van der Waals surface area (Å²) in [6.07, 6.45) is 0. The molecule has 0 aromatic carbocycles. The lowest BCUT2D eigenvalue weighted by Crippen LogP contribution is -2.31. The predicted molar refractivity (Wildman–Crippen MR) is 38.8 cm³/mol. The molecule has 1 heterocycles. The fourth-order valence-electron chi connectivity index (χ4n) is 0.580. The molecule has 0 bridgehead atoms. The highest BCUT2D eigenvalue weighted by molar-refractivity contribution is 8.02. The van der Waals surface area contributed by atoms with Gasteiger partial charge in [0.2, 0.25) is 0 Å². The van der Waals surface area contributed by atoms with Crippen LogP contribution in [0.4, 0.5) is 0 Å². The molecule has 10 heavy (non-hydrogen) atoms. The fourth-order valence-corrected chi connectivity index (χ4v) is 1.22. The summed E-state index contributed by atoms with van der Waals surface area (Å²) in [5.41, 5.74) is 5.63. The van der Waals surface area contributed by atoms with Gasteiger partial charge in [0.1, 0.15) is 11.2 Å². The van der Waals surface area contributed by atoms with Gasteiger partial charge in [-0.1, -0.05) is 11.8 Å². The molecule has 0 saturated carbocycles. The van der Waals surface area contributed by atoms with E-state index in [2.05, 4.69) is 10.1 Å². The van der Waals surface area contributed by atoms with Crippen molar-refractivity contribution in [3.05, 3.63) is 11.1 Å². The van der Waals surface area contributed by atoms with E-state index in [1.165, 1.54) is 18.9 Å². The molecule has 1 aliphatic rings. The van der Waals surface area contributed by atoms with Gasteiger partial charge in [0, 0.05) is 5.41 Å². The third kappa shape index (κ3) is 1.43. The molecule has 0 amide bonds. The molecular weight excluding hydrogens is 152 g/mol. The van der Waals surface area contributed by atoms with Gasteiger partial charge >= 0.3 is 5.97 Å². The Bertz CT molecular complexity index is 180. The Kier molecular flexibility index (Phi) is 2.18. The van der Waals surface area contributed by atoms with Gasteiger partial charge < -0.3 is 15.8 Å². The van der Waals surface area contributed by atoms with Crippen molar-refractivity contribution in [1.82, 2.24) is 5.32 Å². The molecular formula is C5H8N2O2S. The minimum absolute atomic E-state index is 0.214. The van der Waals surface area contributed by atoms with E-state index in [0.717, 1.165) is 0 Å². The van der Waals surface area contributed by atoms with Crippen molar-refractivity contribution in [1.29, 1.82) is 0 Å². The summed E-state index contributed by atoms with van der Waals surface area (Å²) in [5, 5.41) is 4.38. The topological polar surface area (TPSA) is 64.3 Å². The summed E-state index contributed by atoms with van der Waals surface area (Å²) >= 11 is 1.35. The number of ether oxygens (including phenoxy) is 1. The summed E-state index contributed by atoms with van der Waals surface area (Å²) in [7, 11) is 1.33. The number of nitrogens with two attached hydrogens (primary N) is 1. The molecule has 0 aliphatic carbocycles. The molecule has 1 aliphatic heterocycles. The average molecular weight is 160 g/mol. The van der Waals surface area contributed by atoms with Gasteiger partial charge in [-0.15, -0.1) is 0 Å². The van der Waals surface area contributed by atoms with E-state index in [0.29, 0.717) is 5.70 Å². The van der Waals surface area contributed by atoms with Crippen molar-refractivity contribution in [2.24, 2.45) is 5.73 Å². The first kappa shape index (κ1) is 7.43. The summed E-state index contributed by atoms with van der Waals surface area (Å²) in [5.74, 6) is -0.375. The van der Waals surface area contributed by atoms with Crippen molar-refractivity contribution in [2.75, 3.05) is 7.11 Å². The summed E-state index contributed by atoms with van der Waals surface area (Å²) < 4.78 is 4.44. The molecule has 0 saturated heterocycles. The van der Waals surface area contributed by atoms with Crippen LogP contribution in [0, 0.1) is 0 Å². The quantitative estimate of drug-likeness (QED) is 0.510. The second kappa shape index (κ2) is 2.94. The lowest BCUT2D eigenvalue weighted by atomic mass is 10.5. The van der Waals surface area contributed by atoms with Gasteiger partial charge in [0.15, 0.2) is 0 Å². The van der Waals surface area contributed by atoms with Crippen molar-refractivity contribution in [3.8, 4) is 0 Å². The van der Waals surface area contributed by atoms with Gasteiger partial charge in [0.05, 0.1) is 7.11 Å². The van der Waals surface area contributed by atoms with E-state index >= 15 is 0 Å². The number of hydrogen-bond donors (Lipinski definition) is 2. The molecule has 5 heteroatoms. The zero-order valence-corrected chi connectivity index (χ0v) is 6.27. The van der Waals surface area contributed by atoms with Crippen LogP contribution in [0.15, 0.2) is 11.1 Å². The van der Waals surface area contributed by atoms with Crippen molar-refractivity contribution in [2.45, 2.75) is 5.50 Å². The molecule has 4 nitrogen and oxygen atoms in total. The number of thioether (sulfide) groups is 1. The normalized spacial score (nSPS) is 23.4. The number of carbonyl (C=O) groups is 1. The smallest absolute Gasteiger partial charge is 0.354 e. The third-order valence-corrected chi connectivity index (χ3v) is 1.82. The maximum absolute atomic E-state index is 10.7. The van der Waals surface area contributed by atoms with E-state index in [1.807, 2.05) is 0 Å². The second-order valence-electron chi connectivity index (χ2n) is 1.72. The Hall–Kier alpha value is -0.680. The van der Waals surface area contributed by atoms with Crippen LogP contribution in [0.3, 0.4) is 0 Å². The maximum atomic E-state index is 10.7. The lowest BCUT2D eigenvalue weighted by molar-refractivity contribution is -0.136. The Morgan fingerprint density at radius 1 is 2.00 bits per heavy atom. The van der Waals surface area contributed by atoms with E-state index in [-0.39, 0.29) is 11.5 Å². The average Bonchev–Trinajstić information content (AvgIpc) is 2.34. The van der Waals surface area contributed by atoms with Gasteiger partial charge in [-0.2, -0.15) is 0 Å². The van der Waals surface area contributed by atoms with Crippen LogP contribution in [0.25, 0.3) is 0 Å². The molecule has 1 rings (SSSR count). The largest absolute Gasteiger partial charge is 0.464 e. The van der Waals surface area contributed by atoms with Crippen LogP contribution in [0.5, 0.6) is 0 Å². The molecule has 1 unspecified atom stereocenters. The maximum Gasteiger partial charge on any atom is 0.354 e. The standard InChI is InChI=1S/C5H8N2O2S/c1-9-4(8)3-2-10-5(6)7-3/h2,5,7H,6H2,1H3. The summed E-state index contributed by atoms with van der Waals surface area (Å²) in [4.78, 5) is 10.7. The minimum Gasteiger partial charge on any atom is -0.464 e. The number of carbonyl (C=O) groups excluding carboxylic acids is 1. The SMILES string of the molecule is COC(=O)C1=CSC(N)N1. The van der Waals surface area contributed by atoms with Crippen molar-refractivity contribution < 1.29 is 9.53 Å². The van der Waals surface area contributed by atoms with Crippen molar-refractivity contribution >= 4 is 17.7 Å². The second-order valence-corrected chi connectivity index (χ2v) is 2.74. The third-order valence-electron chi connectivity index (χ3n) is 1.04. The first-order chi connectivity index (χ1) is 4.74. The Morgan fingerprint density at radius 3 is 3.10 bits per heavy atom. The molecule has 0 radical (unpaired) electrons. The minimum atomic E-state index is -0.375. The summed E-state index contributed by atoms with van der Waals surface area (Å²) in [6.45, 7) is 0. The van der Waals surface area contributed by atoms with Crippen LogP contribution < -0.4 is 11.1 Å².